The topological polar surface area (TPSA) is 102 Å². The van der Waals surface area contributed by atoms with Gasteiger partial charge in [0.2, 0.25) is 0 Å². The summed E-state index contributed by atoms with van der Waals surface area (Å²) in [7, 11) is 4.33. The number of nitrogens with one attached hydrogen (secondary N) is 2. The van der Waals surface area contributed by atoms with Crippen LogP contribution in [0.2, 0.25) is 5.15 Å². The summed E-state index contributed by atoms with van der Waals surface area (Å²) in [5, 5.41) is 12.4. The van der Waals surface area contributed by atoms with Crippen LogP contribution in [0.25, 0.3) is 0 Å². The van der Waals surface area contributed by atoms with Crippen LogP contribution in [-0.4, -0.2) is 43.3 Å². The van der Waals surface area contributed by atoms with E-state index in [1.807, 2.05) is 0 Å². The molecule has 2 amide bonds. The Labute approximate surface area is 143 Å². The fourth-order valence-corrected chi connectivity index (χ4v) is 2.15. The van der Waals surface area contributed by atoms with Gasteiger partial charge >= 0.3 is 0 Å². The zero-order valence-electron chi connectivity index (χ0n) is 13.2. The van der Waals surface area contributed by atoms with E-state index in [0.29, 0.717) is 5.75 Å². The van der Waals surface area contributed by atoms with E-state index in [0.717, 1.165) is 0 Å². The van der Waals surface area contributed by atoms with Crippen LogP contribution in [0.1, 0.15) is 20.8 Å². The standard InChI is InChI=1S/C15H15ClN4O4/c1-17-15(22)12-9(7-11(16)19-20-12)18-14(21)8-5-4-6-10(23-2)13(8)24-3/h4-7H,1-3H3,(H,17,22)(H,18,19,21). The lowest BCUT2D eigenvalue weighted by Crippen LogP contribution is -2.23. The molecule has 0 unspecified atom stereocenters. The van der Waals surface area contributed by atoms with Crippen molar-refractivity contribution in [3.63, 3.8) is 0 Å². The highest BCUT2D eigenvalue weighted by Crippen LogP contribution is 2.31. The number of amides is 2. The molecule has 8 nitrogen and oxygen atoms in total. The molecular weight excluding hydrogens is 336 g/mol. The van der Waals surface area contributed by atoms with Crippen molar-refractivity contribution >= 4 is 29.1 Å². The zero-order valence-corrected chi connectivity index (χ0v) is 14.0. The fraction of sp³-hybridized carbons (Fsp3) is 0.200. The van der Waals surface area contributed by atoms with Crippen LogP contribution < -0.4 is 20.1 Å². The van der Waals surface area contributed by atoms with Crippen LogP contribution >= 0.6 is 11.6 Å². The summed E-state index contributed by atoms with van der Waals surface area (Å²) in [5.41, 5.74) is 0.300. The lowest BCUT2D eigenvalue weighted by Gasteiger charge is -2.13. The van der Waals surface area contributed by atoms with Crippen LogP contribution in [0.3, 0.4) is 0 Å². The molecule has 1 heterocycles. The second-order valence-electron chi connectivity index (χ2n) is 4.50. The molecule has 1 aromatic heterocycles. The first-order valence-electron chi connectivity index (χ1n) is 6.79. The third kappa shape index (κ3) is 3.54. The van der Waals surface area contributed by atoms with Gasteiger partial charge in [-0.25, -0.2) is 0 Å². The van der Waals surface area contributed by atoms with Crippen molar-refractivity contribution in [3.05, 3.63) is 40.7 Å². The van der Waals surface area contributed by atoms with Crippen LogP contribution in [0.15, 0.2) is 24.3 Å². The summed E-state index contributed by atoms with van der Waals surface area (Å²) in [6, 6.07) is 6.21. The molecule has 24 heavy (non-hydrogen) atoms. The maximum atomic E-state index is 12.6. The number of halogens is 1. The predicted molar refractivity (Wildman–Crippen MR) is 87.9 cm³/mol. The summed E-state index contributed by atoms with van der Waals surface area (Å²) in [6.45, 7) is 0. The molecule has 0 saturated heterocycles. The highest BCUT2D eigenvalue weighted by Gasteiger charge is 2.20. The minimum atomic E-state index is -0.514. The summed E-state index contributed by atoms with van der Waals surface area (Å²) in [6.07, 6.45) is 0. The molecule has 0 aliphatic rings. The Kier molecular flexibility index (Phi) is 5.54. The maximum Gasteiger partial charge on any atom is 0.273 e. The number of methoxy groups -OCH3 is 2. The van der Waals surface area contributed by atoms with Crippen molar-refractivity contribution in [2.75, 3.05) is 26.6 Å². The Bertz CT molecular complexity index is 782. The lowest BCUT2D eigenvalue weighted by molar-refractivity contribution is 0.0958. The number of carbonyl (C=O) groups excluding carboxylic acids is 2. The van der Waals surface area contributed by atoms with Crippen LogP contribution in [-0.2, 0) is 0 Å². The lowest BCUT2D eigenvalue weighted by atomic mass is 10.1. The minimum Gasteiger partial charge on any atom is -0.493 e. The van der Waals surface area contributed by atoms with E-state index in [4.69, 9.17) is 21.1 Å². The Hall–Kier alpha value is -2.87. The van der Waals surface area contributed by atoms with Crippen LogP contribution in [0, 0.1) is 0 Å². The van der Waals surface area contributed by atoms with Gasteiger partial charge in [-0.2, -0.15) is 0 Å². The molecule has 0 atom stereocenters. The quantitative estimate of drug-likeness (QED) is 0.851. The van der Waals surface area contributed by atoms with Gasteiger partial charge in [0.05, 0.1) is 25.5 Å². The van der Waals surface area contributed by atoms with Gasteiger partial charge < -0.3 is 20.1 Å². The van der Waals surface area contributed by atoms with Crippen LogP contribution in [0.4, 0.5) is 5.69 Å². The van der Waals surface area contributed by atoms with E-state index in [2.05, 4.69) is 20.8 Å². The molecule has 0 aliphatic carbocycles. The molecule has 2 N–H and O–H groups in total. The summed E-state index contributed by atoms with van der Waals surface area (Å²) in [5.74, 6) is -0.346. The monoisotopic (exact) mass is 350 g/mol. The Balaban J connectivity index is 2.41. The maximum absolute atomic E-state index is 12.6. The van der Waals surface area contributed by atoms with Crippen molar-refractivity contribution in [2.24, 2.45) is 0 Å². The average molecular weight is 351 g/mol. The molecule has 2 rings (SSSR count). The van der Waals surface area contributed by atoms with E-state index < -0.39 is 11.8 Å². The van der Waals surface area contributed by atoms with Gasteiger partial charge in [0, 0.05) is 13.1 Å². The number of nitrogens with zero attached hydrogens (tertiary/aromatic N) is 2. The first-order chi connectivity index (χ1) is 11.5. The highest BCUT2D eigenvalue weighted by atomic mass is 35.5. The Morgan fingerprint density at radius 3 is 2.50 bits per heavy atom. The minimum absolute atomic E-state index is 0.0376. The highest BCUT2D eigenvalue weighted by molar-refractivity contribution is 6.29. The summed E-state index contributed by atoms with van der Waals surface area (Å²) < 4.78 is 10.4. The second kappa shape index (κ2) is 7.60. The number of anilines is 1. The molecule has 1 aromatic carbocycles. The van der Waals surface area contributed by atoms with Crippen LogP contribution in [0.5, 0.6) is 11.5 Å². The van der Waals surface area contributed by atoms with Crippen molar-refractivity contribution < 1.29 is 19.1 Å². The third-order valence-electron chi connectivity index (χ3n) is 3.10. The molecule has 9 heteroatoms. The number of rotatable bonds is 5. The smallest absolute Gasteiger partial charge is 0.273 e. The Morgan fingerprint density at radius 1 is 1.12 bits per heavy atom. The number of carbonyl (C=O) groups is 2. The van der Waals surface area contributed by atoms with Crippen molar-refractivity contribution in [3.8, 4) is 11.5 Å². The van der Waals surface area contributed by atoms with E-state index in [1.165, 1.54) is 27.3 Å². The number of hydrogen-bond acceptors (Lipinski definition) is 6. The molecule has 2 aromatic rings. The van der Waals surface area contributed by atoms with Gasteiger partial charge in [-0.1, -0.05) is 17.7 Å². The number of benzene rings is 1. The summed E-state index contributed by atoms with van der Waals surface area (Å²) >= 11 is 5.80. The Morgan fingerprint density at radius 2 is 1.88 bits per heavy atom. The predicted octanol–water partition coefficient (Wildman–Crippen LogP) is 1.76. The largest absolute Gasteiger partial charge is 0.493 e. The summed E-state index contributed by atoms with van der Waals surface area (Å²) in [4.78, 5) is 24.4. The first-order valence-corrected chi connectivity index (χ1v) is 7.17. The molecular formula is C15H15ClN4O4. The van der Waals surface area contributed by atoms with E-state index in [1.54, 1.807) is 18.2 Å². The number of ether oxygens (including phenoxy) is 2. The van der Waals surface area contributed by atoms with Gasteiger partial charge in [0.15, 0.2) is 22.3 Å². The van der Waals surface area contributed by atoms with Crippen molar-refractivity contribution in [2.45, 2.75) is 0 Å². The number of aromatic nitrogens is 2. The zero-order chi connectivity index (χ0) is 17.7. The van der Waals surface area contributed by atoms with E-state index in [-0.39, 0.29) is 27.8 Å². The SMILES string of the molecule is CNC(=O)c1nnc(Cl)cc1NC(=O)c1cccc(OC)c1OC. The number of hydrogen-bond donors (Lipinski definition) is 2. The van der Waals surface area contributed by atoms with Gasteiger partial charge in [0.1, 0.15) is 0 Å². The molecule has 126 valence electrons. The number of para-hydroxylation sites is 1. The van der Waals surface area contributed by atoms with Gasteiger partial charge in [-0.15, -0.1) is 10.2 Å². The van der Waals surface area contributed by atoms with Crippen molar-refractivity contribution in [1.82, 2.24) is 15.5 Å². The molecule has 0 fully saturated rings. The van der Waals surface area contributed by atoms with E-state index >= 15 is 0 Å². The van der Waals surface area contributed by atoms with Gasteiger partial charge in [-0.3, -0.25) is 9.59 Å². The van der Waals surface area contributed by atoms with E-state index in [9.17, 15) is 9.59 Å². The second-order valence-corrected chi connectivity index (χ2v) is 4.89. The molecule has 0 radical (unpaired) electrons. The third-order valence-corrected chi connectivity index (χ3v) is 3.29. The average Bonchev–Trinajstić information content (AvgIpc) is 2.60. The molecule has 0 bridgehead atoms. The van der Waals surface area contributed by atoms with Crippen molar-refractivity contribution in [1.29, 1.82) is 0 Å². The molecule has 0 aliphatic heterocycles. The fourth-order valence-electron chi connectivity index (χ4n) is 2.00. The normalized spacial score (nSPS) is 10.0. The molecule has 0 spiro atoms. The molecule has 0 saturated carbocycles. The first kappa shape index (κ1) is 17.5. The van der Waals surface area contributed by atoms with Gasteiger partial charge in [0.25, 0.3) is 11.8 Å². The van der Waals surface area contributed by atoms with Gasteiger partial charge in [-0.05, 0) is 12.1 Å².